The molecule has 2 aromatic rings. The van der Waals surface area contributed by atoms with Crippen molar-refractivity contribution in [1.29, 1.82) is 0 Å². The molecular weight excluding hydrogens is 566 g/mol. The van der Waals surface area contributed by atoms with E-state index < -0.39 is 5.97 Å². The zero-order valence-electron chi connectivity index (χ0n) is 28.6. The van der Waals surface area contributed by atoms with Crippen LogP contribution in [-0.4, -0.2) is 71.4 Å². The maximum absolute atomic E-state index is 12.6. The average molecular weight is 626 g/mol. The minimum Gasteiger partial charge on any atom is -0.480 e. The first-order chi connectivity index (χ1) is 22.5. The number of hydrogen-bond acceptors (Lipinski definition) is 4. The molecule has 6 atom stereocenters. The Labute approximate surface area is 278 Å². The van der Waals surface area contributed by atoms with Gasteiger partial charge in [-0.3, -0.25) is 14.7 Å². The van der Waals surface area contributed by atoms with E-state index in [4.69, 9.17) is 4.99 Å². The summed E-state index contributed by atoms with van der Waals surface area (Å²) in [4.78, 5) is 23.0. The summed E-state index contributed by atoms with van der Waals surface area (Å²) in [7, 11) is 0. The fraction of sp³-hybridized carbons (Fsp3) is 0.659. The number of likely N-dealkylation sites (tertiary alicyclic amines) is 2. The van der Waals surface area contributed by atoms with E-state index in [2.05, 4.69) is 84.3 Å². The highest BCUT2D eigenvalue weighted by molar-refractivity contribution is 5.88. The summed E-state index contributed by atoms with van der Waals surface area (Å²) in [5.41, 5.74) is 4.29. The second-order valence-electron chi connectivity index (χ2n) is 15.3. The summed E-state index contributed by atoms with van der Waals surface area (Å²) < 4.78 is 0. The number of carboxylic acid groups (broad SMARTS) is 1. The molecule has 4 aliphatic rings. The average Bonchev–Trinajstić information content (AvgIpc) is 3.64. The Morgan fingerprint density at radius 1 is 0.891 bits per heavy atom. The molecule has 5 heteroatoms. The highest BCUT2D eigenvalue weighted by Crippen LogP contribution is 2.40. The molecule has 3 heterocycles. The molecule has 3 fully saturated rings. The minimum absolute atomic E-state index is 0.302. The number of carbonyl (C=O) groups is 1. The third kappa shape index (κ3) is 8.13. The van der Waals surface area contributed by atoms with Gasteiger partial charge in [-0.25, -0.2) is 0 Å². The molecule has 250 valence electrons. The van der Waals surface area contributed by atoms with Crippen LogP contribution >= 0.6 is 0 Å². The van der Waals surface area contributed by atoms with E-state index in [-0.39, 0.29) is 6.04 Å². The van der Waals surface area contributed by atoms with Crippen molar-refractivity contribution < 1.29 is 9.90 Å². The van der Waals surface area contributed by atoms with Crippen molar-refractivity contribution in [3.05, 3.63) is 71.8 Å². The lowest BCUT2D eigenvalue weighted by Gasteiger charge is -2.36. The lowest BCUT2D eigenvalue weighted by molar-refractivity contribution is -0.145. The molecule has 0 radical (unpaired) electrons. The Hall–Kier alpha value is -2.50. The number of aryl methyl sites for hydroxylation is 1. The molecule has 0 spiro atoms. The first-order valence-corrected chi connectivity index (χ1v) is 18.8. The molecule has 46 heavy (non-hydrogen) atoms. The summed E-state index contributed by atoms with van der Waals surface area (Å²) in [5.74, 6) is 2.69. The van der Waals surface area contributed by atoms with E-state index in [1.54, 1.807) is 0 Å². The van der Waals surface area contributed by atoms with Crippen molar-refractivity contribution in [1.82, 2.24) is 9.80 Å². The van der Waals surface area contributed by atoms with Crippen LogP contribution in [0, 0.1) is 29.6 Å². The first-order valence-electron chi connectivity index (χ1n) is 18.8. The third-order valence-corrected chi connectivity index (χ3v) is 12.5. The van der Waals surface area contributed by atoms with Crippen LogP contribution in [0.4, 0.5) is 0 Å². The molecule has 2 saturated heterocycles. The lowest BCUT2D eigenvalue weighted by Crippen LogP contribution is -2.46. The van der Waals surface area contributed by atoms with Crippen molar-refractivity contribution >= 4 is 11.7 Å². The van der Waals surface area contributed by atoms with Crippen LogP contribution in [0.2, 0.25) is 0 Å². The van der Waals surface area contributed by atoms with Gasteiger partial charge in [0.1, 0.15) is 6.04 Å². The molecular formula is C41H59N3O2. The first kappa shape index (κ1) is 33.4. The number of benzene rings is 2. The fourth-order valence-corrected chi connectivity index (χ4v) is 9.82. The summed E-state index contributed by atoms with van der Waals surface area (Å²) in [5, 5.41) is 10.4. The van der Waals surface area contributed by atoms with Crippen LogP contribution in [0.15, 0.2) is 65.7 Å². The molecule has 5 nitrogen and oxygen atoms in total. The summed E-state index contributed by atoms with van der Waals surface area (Å²) >= 11 is 0. The Balaban J connectivity index is 1.03. The number of aliphatic imine (C=N–C) groups is 1. The Morgan fingerprint density at radius 2 is 1.59 bits per heavy atom. The number of carboxylic acids is 1. The number of rotatable bonds is 13. The van der Waals surface area contributed by atoms with Gasteiger partial charge in [-0.05, 0) is 112 Å². The molecule has 1 aliphatic carbocycles. The van der Waals surface area contributed by atoms with E-state index >= 15 is 0 Å². The molecule has 1 saturated carbocycles. The number of hydrogen-bond donors (Lipinski definition) is 1. The molecule has 4 unspecified atom stereocenters. The quantitative estimate of drug-likeness (QED) is 0.243. The van der Waals surface area contributed by atoms with Gasteiger partial charge in [-0.15, -0.1) is 0 Å². The van der Waals surface area contributed by atoms with Gasteiger partial charge in [0.2, 0.25) is 0 Å². The van der Waals surface area contributed by atoms with Gasteiger partial charge in [0.05, 0.1) is 6.04 Å². The fourth-order valence-electron chi connectivity index (χ4n) is 9.82. The molecule has 0 aromatic heterocycles. The monoisotopic (exact) mass is 625 g/mol. The molecule has 0 amide bonds. The van der Waals surface area contributed by atoms with Gasteiger partial charge >= 0.3 is 5.97 Å². The topological polar surface area (TPSA) is 56.1 Å². The third-order valence-electron chi connectivity index (χ3n) is 12.5. The minimum atomic E-state index is -0.602. The van der Waals surface area contributed by atoms with E-state index in [0.717, 1.165) is 51.2 Å². The highest BCUT2D eigenvalue weighted by Gasteiger charge is 2.43. The molecule has 1 N–H and O–H groups in total. The smallest absolute Gasteiger partial charge is 0.321 e. The van der Waals surface area contributed by atoms with Gasteiger partial charge in [-0.1, -0.05) is 93.8 Å². The predicted octanol–water partition coefficient (Wildman–Crippen LogP) is 8.35. The van der Waals surface area contributed by atoms with E-state index in [1.165, 1.54) is 81.3 Å². The van der Waals surface area contributed by atoms with Gasteiger partial charge in [0.15, 0.2) is 0 Å². The maximum atomic E-state index is 12.6. The van der Waals surface area contributed by atoms with E-state index in [1.807, 2.05) is 0 Å². The summed E-state index contributed by atoms with van der Waals surface area (Å²) in [6, 6.07) is 22.1. The Bertz CT molecular complexity index is 1250. The van der Waals surface area contributed by atoms with Gasteiger partial charge in [0.25, 0.3) is 0 Å². The normalized spacial score (nSPS) is 29.2. The van der Waals surface area contributed by atoms with Crippen LogP contribution < -0.4 is 0 Å². The van der Waals surface area contributed by atoms with Crippen molar-refractivity contribution in [2.75, 3.05) is 32.7 Å². The van der Waals surface area contributed by atoms with Crippen molar-refractivity contribution in [3.8, 4) is 0 Å². The van der Waals surface area contributed by atoms with Crippen LogP contribution in [0.5, 0.6) is 0 Å². The van der Waals surface area contributed by atoms with E-state index in [0.29, 0.717) is 35.6 Å². The largest absolute Gasteiger partial charge is 0.480 e. The van der Waals surface area contributed by atoms with Crippen LogP contribution in [0.25, 0.3) is 0 Å². The Morgan fingerprint density at radius 3 is 2.26 bits per heavy atom. The standard InChI is InChI=1S/C41H59N3O2/c1-3-38-30(2)36(21-19-31-13-7-4-8-14-31)39(42-38)22-20-32-23-25-43(26-24-32)27-35-28-44(29-37(35)33-15-9-5-10-16-33)40(41(45)46)34-17-11-6-12-18-34/h4-5,7-10,13-16,30,32,34-37,39-40H,3,6,11-12,17-29H2,1-2H3,(H,45,46)/t30?,35-,36?,37?,39?,40+/m0/s1. The van der Waals surface area contributed by atoms with Gasteiger partial charge in [0, 0.05) is 31.3 Å². The molecule has 3 aliphatic heterocycles. The second kappa shape index (κ2) is 16.1. The van der Waals surface area contributed by atoms with Crippen LogP contribution in [-0.2, 0) is 11.2 Å². The predicted molar refractivity (Wildman–Crippen MR) is 190 cm³/mol. The van der Waals surface area contributed by atoms with Gasteiger partial charge in [-0.2, -0.15) is 0 Å². The lowest BCUT2D eigenvalue weighted by atomic mass is 9.80. The van der Waals surface area contributed by atoms with Crippen LogP contribution in [0.1, 0.15) is 102 Å². The summed E-state index contributed by atoms with van der Waals surface area (Å²) in [6.07, 6.45) is 14.4. The zero-order chi connectivity index (χ0) is 31.9. The second-order valence-corrected chi connectivity index (χ2v) is 15.3. The molecule has 6 rings (SSSR count). The van der Waals surface area contributed by atoms with Crippen LogP contribution in [0.3, 0.4) is 0 Å². The molecule has 0 bridgehead atoms. The molecule has 2 aromatic carbocycles. The maximum Gasteiger partial charge on any atom is 0.321 e. The van der Waals surface area contributed by atoms with Crippen molar-refractivity contribution in [2.24, 2.45) is 34.6 Å². The van der Waals surface area contributed by atoms with Gasteiger partial charge < -0.3 is 10.0 Å². The Kier molecular flexibility index (Phi) is 11.7. The van der Waals surface area contributed by atoms with Crippen molar-refractivity contribution in [3.63, 3.8) is 0 Å². The SMILES string of the molecule is CCC1=NC(CCC2CCN(C[C@H]3CN([C@@H](C(=O)O)C4CCCCC4)CC3c3ccccc3)CC2)C(CCc2ccccc2)C1C. The number of aliphatic carboxylic acids is 1. The summed E-state index contributed by atoms with van der Waals surface area (Å²) in [6.45, 7) is 9.94. The van der Waals surface area contributed by atoms with E-state index in [9.17, 15) is 9.90 Å². The number of piperidine rings is 1. The number of nitrogens with zero attached hydrogens (tertiary/aromatic N) is 3. The van der Waals surface area contributed by atoms with Crippen molar-refractivity contribution in [2.45, 2.75) is 109 Å². The highest BCUT2D eigenvalue weighted by atomic mass is 16.4. The zero-order valence-corrected chi connectivity index (χ0v) is 28.6.